The average Bonchev–Trinajstić information content (AvgIpc) is 2.82. The van der Waals surface area contributed by atoms with Crippen molar-refractivity contribution < 1.29 is 4.79 Å². The van der Waals surface area contributed by atoms with E-state index in [4.69, 9.17) is 0 Å². The van der Waals surface area contributed by atoms with Gasteiger partial charge in [0.2, 0.25) is 0 Å². The molecular weight excluding hydrogens is 234 g/mol. The van der Waals surface area contributed by atoms with Gasteiger partial charge in [-0.2, -0.15) is 5.10 Å². The molecule has 17 heavy (non-hydrogen) atoms. The van der Waals surface area contributed by atoms with Crippen LogP contribution in [0.2, 0.25) is 0 Å². The van der Waals surface area contributed by atoms with Crippen LogP contribution in [0.5, 0.6) is 0 Å². The Balaban J connectivity index is 2.24. The van der Waals surface area contributed by atoms with Crippen molar-refractivity contribution in [3.63, 3.8) is 0 Å². The van der Waals surface area contributed by atoms with Crippen LogP contribution in [0.1, 0.15) is 15.9 Å². The molecule has 0 unspecified atom stereocenters. The number of H-pyrrole nitrogens is 1. The SMILES string of the molecule is CSc1ccc(C)c(C(=O)Nc2ccn[nH]2)c1. The Hall–Kier alpha value is -1.75. The van der Waals surface area contributed by atoms with Crippen molar-refractivity contribution in [3.05, 3.63) is 41.6 Å². The molecule has 1 heterocycles. The van der Waals surface area contributed by atoms with Crippen molar-refractivity contribution >= 4 is 23.5 Å². The highest BCUT2D eigenvalue weighted by Crippen LogP contribution is 2.19. The fourth-order valence-corrected chi connectivity index (χ4v) is 1.93. The lowest BCUT2D eigenvalue weighted by Gasteiger charge is -2.07. The number of anilines is 1. The molecule has 0 saturated carbocycles. The normalized spacial score (nSPS) is 10.2. The lowest BCUT2D eigenvalue weighted by molar-refractivity contribution is 0.102. The summed E-state index contributed by atoms with van der Waals surface area (Å²) < 4.78 is 0. The molecule has 1 aromatic heterocycles. The minimum Gasteiger partial charge on any atom is -0.307 e. The second-order valence-electron chi connectivity index (χ2n) is 3.61. The molecule has 0 bridgehead atoms. The second-order valence-corrected chi connectivity index (χ2v) is 4.48. The Morgan fingerprint density at radius 2 is 2.24 bits per heavy atom. The van der Waals surface area contributed by atoms with Crippen molar-refractivity contribution in [3.8, 4) is 0 Å². The van der Waals surface area contributed by atoms with Crippen molar-refractivity contribution in [2.75, 3.05) is 11.6 Å². The summed E-state index contributed by atoms with van der Waals surface area (Å²) in [5, 5.41) is 9.24. The molecule has 0 aliphatic rings. The van der Waals surface area contributed by atoms with E-state index in [0.717, 1.165) is 10.5 Å². The second kappa shape index (κ2) is 5.05. The highest BCUT2D eigenvalue weighted by Gasteiger charge is 2.10. The monoisotopic (exact) mass is 247 g/mol. The van der Waals surface area contributed by atoms with Gasteiger partial charge in [0.05, 0.1) is 6.20 Å². The van der Waals surface area contributed by atoms with E-state index < -0.39 is 0 Å². The standard InChI is InChI=1S/C12H13N3OS/c1-8-3-4-9(17-2)7-10(8)12(16)14-11-5-6-13-15-11/h3-7H,1-2H3,(H2,13,14,15,16). The van der Waals surface area contributed by atoms with Crippen LogP contribution in [0, 0.1) is 6.92 Å². The number of carbonyl (C=O) groups excluding carboxylic acids is 1. The highest BCUT2D eigenvalue weighted by molar-refractivity contribution is 7.98. The maximum Gasteiger partial charge on any atom is 0.257 e. The molecule has 1 aromatic carbocycles. The van der Waals surface area contributed by atoms with Crippen LogP contribution < -0.4 is 5.32 Å². The number of carbonyl (C=O) groups is 1. The summed E-state index contributed by atoms with van der Waals surface area (Å²) >= 11 is 1.62. The molecule has 5 heteroatoms. The van der Waals surface area contributed by atoms with Crippen LogP contribution in [0.15, 0.2) is 35.4 Å². The first-order valence-corrected chi connectivity index (χ1v) is 6.38. The van der Waals surface area contributed by atoms with Crippen molar-refractivity contribution in [1.82, 2.24) is 10.2 Å². The zero-order valence-corrected chi connectivity index (χ0v) is 10.5. The number of aromatic amines is 1. The summed E-state index contributed by atoms with van der Waals surface area (Å²) in [6.45, 7) is 1.92. The fraction of sp³-hybridized carbons (Fsp3) is 0.167. The largest absolute Gasteiger partial charge is 0.307 e. The Morgan fingerprint density at radius 1 is 1.41 bits per heavy atom. The zero-order chi connectivity index (χ0) is 12.3. The van der Waals surface area contributed by atoms with Gasteiger partial charge >= 0.3 is 0 Å². The topological polar surface area (TPSA) is 57.8 Å². The van der Waals surface area contributed by atoms with Gasteiger partial charge in [0.1, 0.15) is 5.82 Å². The maximum atomic E-state index is 12.0. The van der Waals surface area contributed by atoms with Gasteiger partial charge in [0.15, 0.2) is 0 Å². The highest BCUT2D eigenvalue weighted by atomic mass is 32.2. The number of nitrogens with zero attached hydrogens (tertiary/aromatic N) is 1. The van der Waals surface area contributed by atoms with Crippen molar-refractivity contribution in [1.29, 1.82) is 0 Å². The summed E-state index contributed by atoms with van der Waals surface area (Å²) in [7, 11) is 0. The van der Waals surface area contributed by atoms with E-state index in [1.807, 2.05) is 31.4 Å². The Morgan fingerprint density at radius 3 is 2.88 bits per heavy atom. The average molecular weight is 247 g/mol. The number of nitrogens with one attached hydrogen (secondary N) is 2. The minimum atomic E-state index is -0.123. The van der Waals surface area contributed by atoms with Crippen molar-refractivity contribution in [2.45, 2.75) is 11.8 Å². The van der Waals surface area contributed by atoms with E-state index in [1.54, 1.807) is 24.0 Å². The molecule has 0 saturated heterocycles. The molecule has 0 spiro atoms. The third kappa shape index (κ3) is 2.68. The first kappa shape index (κ1) is 11.7. The Bertz CT molecular complexity index is 523. The number of aryl methyl sites for hydroxylation is 1. The van der Waals surface area contributed by atoms with E-state index >= 15 is 0 Å². The number of rotatable bonds is 3. The van der Waals surface area contributed by atoms with Crippen molar-refractivity contribution in [2.24, 2.45) is 0 Å². The number of amides is 1. The fourth-order valence-electron chi connectivity index (χ4n) is 1.49. The van der Waals surface area contributed by atoms with E-state index in [0.29, 0.717) is 11.4 Å². The Labute approximate surface area is 104 Å². The summed E-state index contributed by atoms with van der Waals surface area (Å²) in [6, 6.07) is 7.57. The molecule has 1 amide bonds. The number of thioether (sulfide) groups is 1. The smallest absolute Gasteiger partial charge is 0.257 e. The van der Waals surface area contributed by atoms with Gasteiger partial charge in [-0.3, -0.25) is 9.89 Å². The molecule has 2 aromatic rings. The lowest BCUT2D eigenvalue weighted by Crippen LogP contribution is -2.13. The van der Waals surface area contributed by atoms with Gasteiger partial charge in [-0.15, -0.1) is 11.8 Å². The van der Waals surface area contributed by atoms with Crippen LogP contribution >= 0.6 is 11.8 Å². The molecule has 2 rings (SSSR count). The molecule has 0 aliphatic heterocycles. The van der Waals surface area contributed by atoms with Crippen LogP contribution in [-0.2, 0) is 0 Å². The molecule has 88 valence electrons. The van der Waals surface area contributed by atoms with Gasteiger partial charge in [0.25, 0.3) is 5.91 Å². The number of aromatic nitrogens is 2. The van der Waals surface area contributed by atoms with Gasteiger partial charge in [-0.1, -0.05) is 6.07 Å². The molecular formula is C12H13N3OS. The summed E-state index contributed by atoms with van der Waals surface area (Å²) in [6.07, 6.45) is 3.59. The van der Waals surface area contributed by atoms with E-state index in [2.05, 4.69) is 15.5 Å². The minimum absolute atomic E-state index is 0.123. The summed E-state index contributed by atoms with van der Waals surface area (Å²) in [4.78, 5) is 13.1. The number of hydrogen-bond acceptors (Lipinski definition) is 3. The van der Waals surface area contributed by atoms with Gasteiger partial charge in [-0.25, -0.2) is 0 Å². The molecule has 2 N–H and O–H groups in total. The first-order valence-electron chi connectivity index (χ1n) is 5.16. The van der Waals surface area contributed by atoms with Crippen LogP contribution in [0.3, 0.4) is 0 Å². The summed E-state index contributed by atoms with van der Waals surface area (Å²) in [5.41, 5.74) is 1.64. The predicted molar refractivity (Wildman–Crippen MR) is 69.5 cm³/mol. The zero-order valence-electron chi connectivity index (χ0n) is 9.65. The van der Waals surface area contributed by atoms with Gasteiger partial charge < -0.3 is 5.32 Å². The quantitative estimate of drug-likeness (QED) is 0.820. The molecule has 0 radical (unpaired) electrons. The van der Waals surface area contributed by atoms with E-state index in [-0.39, 0.29) is 5.91 Å². The molecule has 0 fully saturated rings. The Kier molecular flexibility index (Phi) is 3.49. The van der Waals surface area contributed by atoms with Crippen LogP contribution in [0.25, 0.3) is 0 Å². The molecule has 0 aliphatic carbocycles. The molecule has 4 nitrogen and oxygen atoms in total. The summed E-state index contributed by atoms with van der Waals surface area (Å²) in [5.74, 6) is 0.478. The maximum absolute atomic E-state index is 12.0. The van der Waals surface area contributed by atoms with Crippen LogP contribution in [0.4, 0.5) is 5.82 Å². The van der Waals surface area contributed by atoms with Gasteiger partial charge in [0, 0.05) is 16.5 Å². The predicted octanol–water partition coefficient (Wildman–Crippen LogP) is 2.69. The number of benzene rings is 1. The van der Waals surface area contributed by atoms with E-state index in [9.17, 15) is 4.79 Å². The van der Waals surface area contributed by atoms with E-state index in [1.165, 1.54) is 0 Å². The van der Waals surface area contributed by atoms with Crippen LogP contribution in [-0.4, -0.2) is 22.4 Å². The first-order chi connectivity index (χ1) is 8.20. The lowest BCUT2D eigenvalue weighted by atomic mass is 10.1. The third-order valence-electron chi connectivity index (χ3n) is 2.44. The number of hydrogen-bond donors (Lipinski definition) is 2. The van der Waals surface area contributed by atoms with Gasteiger partial charge in [-0.05, 0) is 30.9 Å². The third-order valence-corrected chi connectivity index (χ3v) is 3.16. The molecule has 0 atom stereocenters.